The van der Waals surface area contributed by atoms with E-state index in [4.69, 9.17) is 21.1 Å². The molecule has 1 aliphatic heterocycles. The van der Waals surface area contributed by atoms with Crippen LogP contribution in [0.15, 0.2) is 82.6 Å². The lowest BCUT2D eigenvalue weighted by atomic mass is 10.2. The van der Waals surface area contributed by atoms with Crippen LogP contribution in [-0.4, -0.2) is 46.4 Å². The SMILES string of the molecule is O=C(CN(c1ccc2c(c1)OCCO2)S(=O)(=O)c1ccccc1)NCCCSc1ccc(Cl)cc1. The summed E-state index contributed by atoms with van der Waals surface area (Å²) < 4.78 is 39.2. The molecule has 3 aromatic carbocycles. The molecule has 0 aromatic heterocycles. The number of sulfonamides is 1. The van der Waals surface area contributed by atoms with Crippen LogP contribution in [0.25, 0.3) is 0 Å². The molecule has 0 spiro atoms. The highest BCUT2D eigenvalue weighted by molar-refractivity contribution is 7.99. The average Bonchev–Trinajstić information content (AvgIpc) is 2.88. The summed E-state index contributed by atoms with van der Waals surface area (Å²) in [7, 11) is -3.99. The van der Waals surface area contributed by atoms with E-state index in [0.717, 1.165) is 21.4 Å². The number of nitrogens with one attached hydrogen (secondary N) is 1. The van der Waals surface area contributed by atoms with Crippen molar-refractivity contribution in [3.63, 3.8) is 0 Å². The van der Waals surface area contributed by atoms with E-state index >= 15 is 0 Å². The summed E-state index contributed by atoms with van der Waals surface area (Å²) in [6.45, 7) is 0.870. The molecular formula is C25H25ClN2O5S2. The van der Waals surface area contributed by atoms with Crippen LogP contribution >= 0.6 is 23.4 Å². The third kappa shape index (κ3) is 6.62. The third-order valence-electron chi connectivity index (χ3n) is 5.16. The molecule has 0 saturated heterocycles. The van der Waals surface area contributed by atoms with Gasteiger partial charge in [-0.05, 0) is 60.7 Å². The van der Waals surface area contributed by atoms with E-state index < -0.39 is 15.9 Å². The highest BCUT2D eigenvalue weighted by Crippen LogP contribution is 2.35. The molecule has 7 nitrogen and oxygen atoms in total. The van der Waals surface area contributed by atoms with E-state index in [0.29, 0.717) is 42.0 Å². The highest BCUT2D eigenvalue weighted by atomic mass is 35.5. The van der Waals surface area contributed by atoms with Crippen LogP contribution in [0.2, 0.25) is 5.02 Å². The van der Waals surface area contributed by atoms with Gasteiger partial charge in [0.15, 0.2) is 11.5 Å². The minimum absolute atomic E-state index is 0.0991. The molecule has 0 fully saturated rings. The maximum absolute atomic E-state index is 13.5. The summed E-state index contributed by atoms with van der Waals surface area (Å²) in [6, 6.07) is 20.5. The number of amides is 1. The molecular weight excluding hydrogens is 508 g/mol. The van der Waals surface area contributed by atoms with Crippen molar-refractivity contribution in [1.82, 2.24) is 5.32 Å². The Morgan fingerprint density at radius 1 is 0.971 bits per heavy atom. The van der Waals surface area contributed by atoms with Crippen LogP contribution in [0.5, 0.6) is 11.5 Å². The number of anilines is 1. The Morgan fingerprint density at radius 3 is 2.43 bits per heavy atom. The highest BCUT2D eigenvalue weighted by Gasteiger charge is 2.28. The second-order valence-corrected chi connectivity index (χ2v) is 11.1. The van der Waals surface area contributed by atoms with E-state index in [1.54, 1.807) is 48.2 Å². The Bertz CT molecular complexity index is 1250. The molecule has 0 aliphatic carbocycles. The molecule has 3 aromatic rings. The van der Waals surface area contributed by atoms with Crippen LogP contribution in [0.1, 0.15) is 6.42 Å². The lowest BCUT2D eigenvalue weighted by molar-refractivity contribution is -0.119. The van der Waals surface area contributed by atoms with Gasteiger partial charge >= 0.3 is 0 Å². The third-order valence-corrected chi connectivity index (χ3v) is 8.30. The Labute approximate surface area is 214 Å². The standard InChI is InChI=1S/C25H25ClN2O5S2/c26-19-7-10-21(11-8-19)34-16-4-13-27-25(29)18-28(35(30,31)22-5-2-1-3-6-22)20-9-12-23-24(17-20)33-15-14-32-23/h1-3,5-12,17H,4,13-16,18H2,(H,27,29). The van der Waals surface area contributed by atoms with E-state index in [-0.39, 0.29) is 11.4 Å². The van der Waals surface area contributed by atoms with Gasteiger partial charge in [-0.25, -0.2) is 8.42 Å². The van der Waals surface area contributed by atoms with Crippen LogP contribution < -0.4 is 19.1 Å². The van der Waals surface area contributed by atoms with Crippen molar-refractivity contribution in [2.24, 2.45) is 0 Å². The van der Waals surface area contributed by atoms with Crippen LogP contribution in [0, 0.1) is 0 Å². The summed E-state index contributed by atoms with van der Waals surface area (Å²) in [5.74, 6) is 1.40. The Hall–Kier alpha value is -2.88. The normalized spacial score (nSPS) is 12.7. The molecule has 0 unspecified atom stereocenters. The number of fused-ring (bicyclic) bond motifs is 1. The molecule has 4 rings (SSSR count). The number of carbonyl (C=O) groups excluding carboxylic acids is 1. The predicted octanol–water partition coefficient (Wildman–Crippen LogP) is 4.61. The quantitative estimate of drug-likeness (QED) is 0.303. The van der Waals surface area contributed by atoms with Crippen LogP contribution in [0.4, 0.5) is 5.69 Å². The summed E-state index contributed by atoms with van der Waals surface area (Å²) >= 11 is 7.57. The van der Waals surface area contributed by atoms with Crippen LogP contribution in [0.3, 0.4) is 0 Å². The number of ether oxygens (including phenoxy) is 2. The Balaban J connectivity index is 1.42. The zero-order chi connectivity index (χ0) is 24.7. The van der Waals surface area contributed by atoms with Crippen molar-refractivity contribution in [3.05, 3.63) is 77.8 Å². The Kier molecular flexibility index (Phi) is 8.43. The molecule has 1 amide bonds. The fourth-order valence-electron chi connectivity index (χ4n) is 3.43. The first-order valence-electron chi connectivity index (χ1n) is 11.1. The van der Waals surface area contributed by atoms with Crippen LogP contribution in [-0.2, 0) is 14.8 Å². The molecule has 35 heavy (non-hydrogen) atoms. The molecule has 184 valence electrons. The molecule has 0 radical (unpaired) electrons. The van der Waals surface area contributed by atoms with Gasteiger partial charge in [-0.3, -0.25) is 9.10 Å². The fraction of sp³-hybridized carbons (Fsp3) is 0.240. The molecule has 1 N–H and O–H groups in total. The summed E-state index contributed by atoms with van der Waals surface area (Å²) in [5.41, 5.74) is 0.326. The van der Waals surface area contributed by atoms with Gasteiger partial charge in [0.05, 0.1) is 10.6 Å². The monoisotopic (exact) mass is 532 g/mol. The maximum atomic E-state index is 13.5. The lowest BCUT2D eigenvalue weighted by Crippen LogP contribution is -2.41. The van der Waals surface area contributed by atoms with Gasteiger partial charge in [-0.15, -0.1) is 11.8 Å². The van der Waals surface area contributed by atoms with Gasteiger partial charge in [-0.2, -0.15) is 0 Å². The largest absolute Gasteiger partial charge is 0.486 e. The number of hydrogen-bond acceptors (Lipinski definition) is 6. The number of nitrogens with zero attached hydrogens (tertiary/aromatic N) is 1. The van der Waals surface area contributed by atoms with Crippen molar-refractivity contribution in [2.45, 2.75) is 16.2 Å². The molecule has 0 atom stereocenters. The van der Waals surface area contributed by atoms with E-state index in [2.05, 4.69) is 5.32 Å². The van der Waals surface area contributed by atoms with E-state index in [1.807, 2.05) is 24.3 Å². The topological polar surface area (TPSA) is 84.9 Å². The molecule has 1 heterocycles. The van der Waals surface area contributed by atoms with Crippen molar-refractivity contribution < 1.29 is 22.7 Å². The molecule has 10 heteroatoms. The fourth-order valence-corrected chi connectivity index (χ4v) is 5.84. The number of thioether (sulfide) groups is 1. The molecule has 1 aliphatic rings. The number of hydrogen-bond donors (Lipinski definition) is 1. The van der Waals surface area contributed by atoms with E-state index in [9.17, 15) is 13.2 Å². The minimum Gasteiger partial charge on any atom is -0.486 e. The minimum atomic E-state index is -3.99. The first-order valence-corrected chi connectivity index (χ1v) is 13.9. The molecule has 0 saturated carbocycles. The summed E-state index contributed by atoms with van der Waals surface area (Å²) in [6.07, 6.45) is 0.731. The predicted molar refractivity (Wildman–Crippen MR) is 138 cm³/mol. The van der Waals surface area contributed by atoms with Crippen molar-refractivity contribution in [1.29, 1.82) is 0 Å². The zero-order valence-corrected chi connectivity index (χ0v) is 21.2. The second kappa shape index (κ2) is 11.7. The maximum Gasteiger partial charge on any atom is 0.264 e. The van der Waals surface area contributed by atoms with Gasteiger partial charge in [0, 0.05) is 22.5 Å². The van der Waals surface area contributed by atoms with Gasteiger partial charge in [-0.1, -0.05) is 29.8 Å². The smallest absolute Gasteiger partial charge is 0.264 e. The summed E-state index contributed by atoms with van der Waals surface area (Å²) in [5, 5.41) is 3.52. The van der Waals surface area contributed by atoms with Gasteiger partial charge in [0.25, 0.3) is 10.0 Å². The first-order chi connectivity index (χ1) is 16.9. The average molecular weight is 533 g/mol. The number of carbonyl (C=O) groups is 1. The van der Waals surface area contributed by atoms with Crippen molar-refractivity contribution in [3.8, 4) is 11.5 Å². The van der Waals surface area contributed by atoms with Crippen molar-refractivity contribution in [2.75, 3.05) is 36.4 Å². The van der Waals surface area contributed by atoms with Crippen molar-refractivity contribution >= 4 is 45.0 Å². The second-order valence-electron chi connectivity index (χ2n) is 7.66. The number of rotatable bonds is 10. The summed E-state index contributed by atoms with van der Waals surface area (Å²) in [4.78, 5) is 14.0. The number of benzene rings is 3. The lowest BCUT2D eigenvalue weighted by Gasteiger charge is -2.26. The number of halogens is 1. The van der Waals surface area contributed by atoms with Gasteiger partial charge in [0.2, 0.25) is 5.91 Å². The molecule has 0 bridgehead atoms. The zero-order valence-electron chi connectivity index (χ0n) is 18.9. The van der Waals surface area contributed by atoms with Gasteiger partial charge in [0.1, 0.15) is 19.8 Å². The first kappa shape index (κ1) is 25.2. The van der Waals surface area contributed by atoms with E-state index in [1.165, 1.54) is 12.1 Å². The van der Waals surface area contributed by atoms with Gasteiger partial charge < -0.3 is 14.8 Å². The Morgan fingerprint density at radius 2 is 1.69 bits per heavy atom.